The monoisotopic (exact) mass is 426 g/mol. The van der Waals surface area contributed by atoms with Crippen LogP contribution in [0.15, 0.2) is 47.4 Å². The Kier molecular flexibility index (Phi) is 5.09. The Hall–Kier alpha value is -3.00. The van der Waals surface area contributed by atoms with Crippen molar-refractivity contribution < 1.29 is 13.5 Å². The standard InChI is InChI=1S/C23H24F2N4O2/c24-23(25)8-10-29(14-23)19-13-17-5-9-26-22(30)20(17)21(28-19)27-18-3-1-15(2-4-18)16-6-11-31-12-7-16/h1-5,9,13,16H,6-8,10-12,14H2,(H,26,30)(H,27,28). The fourth-order valence-electron chi connectivity index (χ4n) is 4.39. The van der Waals surface area contributed by atoms with E-state index < -0.39 is 5.92 Å². The van der Waals surface area contributed by atoms with Gasteiger partial charge in [0.05, 0.1) is 11.9 Å². The normalized spacial score (nSPS) is 19.1. The van der Waals surface area contributed by atoms with Crippen molar-refractivity contribution in [3.05, 3.63) is 58.5 Å². The van der Waals surface area contributed by atoms with Crippen molar-refractivity contribution in [1.82, 2.24) is 9.97 Å². The van der Waals surface area contributed by atoms with Crippen molar-refractivity contribution >= 4 is 28.1 Å². The summed E-state index contributed by atoms with van der Waals surface area (Å²) in [5, 5.41) is 4.30. The number of aromatic amines is 1. The van der Waals surface area contributed by atoms with E-state index in [2.05, 4.69) is 27.4 Å². The van der Waals surface area contributed by atoms with Crippen LogP contribution in [0.25, 0.3) is 10.8 Å². The molecule has 31 heavy (non-hydrogen) atoms. The predicted octanol–water partition coefficient (Wildman–Crippen LogP) is 4.41. The average Bonchev–Trinajstić information content (AvgIpc) is 3.14. The summed E-state index contributed by atoms with van der Waals surface area (Å²) in [6.07, 6.45) is 3.38. The number of pyridine rings is 2. The number of alkyl halides is 2. The van der Waals surface area contributed by atoms with Gasteiger partial charge >= 0.3 is 0 Å². The zero-order valence-corrected chi connectivity index (χ0v) is 17.0. The molecule has 2 saturated heterocycles. The molecule has 2 fully saturated rings. The summed E-state index contributed by atoms with van der Waals surface area (Å²) in [6.45, 7) is 1.43. The van der Waals surface area contributed by atoms with E-state index in [0.717, 1.165) is 31.7 Å². The zero-order chi connectivity index (χ0) is 21.4. The van der Waals surface area contributed by atoms with Gasteiger partial charge in [0, 0.05) is 38.1 Å². The van der Waals surface area contributed by atoms with Gasteiger partial charge < -0.3 is 19.9 Å². The second kappa shape index (κ2) is 7.92. The number of fused-ring (bicyclic) bond motifs is 1. The highest BCUT2D eigenvalue weighted by Gasteiger charge is 2.39. The molecule has 8 heteroatoms. The van der Waals surface area contributed by atoms with E-state index in [1.165, 1.54) is 5.56 Å². The molecule has 6 nitrogen and oxygen atoms in total. The van der Waals surface area contributed by atoms with E-state index >= 15 is 0 Å². The number of halogens is 2. The maximum atomic E-state index is 13.7. The van der Waals surface area contributed by atoms with Crippen LogP contribution in [0.1, 0.15) is 30.7 Å². The van der Waals surface area contributed by atoms with Gasteiger partial charge in [0.2, 0.25) is 0 Å². The van der Waals surface area contributed by atoms with E-state index in [0.29, 0.717) is 28.3 Å². The lowest BCUT2D eigenvalue weighted by Gasteiger charge is -2.22. The summed E-state index contributed by atoms with van der Waals surface area (Å²) < 4.78 is 32.9. The molecule has 0 aliphatic carbocycles. The molecule has 0 atom stereocenters. The van der Waals surface area contributed by atoms with Gasteiger partial charge in [-0.05, 0) is 54.0 Å². The Labute approximate surface area is 178 Å². The zero-order valence-electron chi connectivity index (χ0n) is 17.0. The minimum Gasteiger partial charge on any atom is -0.381 e. The predicted molar refractivity (Wildman–Crippen MR) is 117 cm³/mol. The van der Waals surface area contributed by atoms with Crippen LogP contribution in [0.5, 0.6) is 0 Å². The Morgan fingerprint density at radius 3 is 2.65 bits per heavy atom. The number of rotatable bonds is 4. The number of anilines is 3. The van der Waals surface area contributed by atoms with Gasteiger partial charge in [0.15, 0.2) is 0 Å². The van der Waals surface area contributed by atoms with Crippen molar-refractivity contribution in [3.8, 4) is 0 Å². The van der Waals surface area contributed by atoms with Crippen LogP contribution in [0.4, 0.5) is 26.1 Å². The lowest BCUT2D eigenvalue weighted by Crippen LogP contribution is -2.26. The van der Waals surface area contributed by atoms with Crippen molar-refractivity contribution in [3.63, 3.8) is 0 Å². The molecule has 5 rings (SSSR count). The fourth-order valence-corrected chi connectivity index (χ4v) is 4.39. The molecule has 4 heterocycles. The summed E-state index contributed by atoms with van der Waals surface area (Å²) in [5.41, 5.74) is 1.78. The van der Waals surface area contributed by atoms with Gasteiger partial charge in [-0.25, -0.2) is 13.8 Å². The highest BCUT2D eigenvalue weighted by atomic mass is 19.3. The van der Waals surface area contributed by atoms with Crippen molar-refractivity contribution in [1.29, 1.82) is 0 Å². The van der Waals surface area contributed by atoms with Crippen LogP contribution in [0.2, 0.25) is 0 Å². The lowest BCUT2D eigenvalue weighted by atomic mass is 9.92. The minimum atomic E-state index is -2.72. The summed E-state index contributed by atoms with van der Waals surface area (Å²) >= 11 is 0. The molecule has 0 bridgehead atoms. The van der Waals surface area contributed by atoms with Gasteiger partial charge in [-0.2, -0.15) is 0 Å². The van der Waals surface area contributed by atoms with E-state index in [9.17, 15) is 13.6 Å². The van der Waals surface area contributed by atoms with Crippen molar-refractivity contribution in [2.45, 2.75) is 31.1 Å². The quantitative estimate of drug-likeness (QED) is 0.647. The minimum absolute atomic E-state index is 0.196. The van der Waals surface area contributed by atoms with Gasteiger partial charge in [0.25, 0.3) is 11.5 Å². The maximum Gasteiger partial charge on any atom is 0.266 e. The fraction of sp³-hybridized carbons (Fsp3) is 0.391. The van der Waals surface area contributed by atoms with Crippen molar-refractivity contribution in [2.75, 3.05) is 36.5 Å². The molecule has 162 valence electrons. The largest absolute Gasteiger partial charge is 0.381 e. The van der Waals surface area contributed by atoms with Crippen LogP contribution in [-0.4, -0.2) is 42.2 Å². The number of benzene rings is 1. The molecule has 2 N–H and O–H groups in total. The summed E-state index contributed by atoms with van der Waals surface area (Å²) in [4.78, 5) is 21.3. The Bertz CT molecular complexity index is 1140. The van der Waals surface area contributed by atoms with Crippen LogP contribution < -0.4 is 15.8 Å². The van der Waals surface area contributed by atoms with Crippen LogP contribution in [0.3, 0.4) is 0 Å². The van der Waals surface area contributed by atoms with Gasteiger partial charge in [-0.15, -0.1) is 0 Å². The molecule has 2 aromatic heterocycles. The van der Waals surface area contributed by atoms with Crippen LogP contribution in [0, 0.1) is 0 Å². The summed E-state index contributed by atoms with van der Waals surface area (Å²) in [6, 6.07) is 11.5. The summed E-state index contributed by atoms with van der Waals surface area (Å²) in [7, 11) is 0. The number of aromatic nitrogens is 2. The molecule has 0 saturated carbocycles. The molecule has 0 spiro atoms. The Morgan fingerprint density at radius 2 is 1.94 bits per heavy atom. The molecule has 2 aliphatic heterocycles. The molecule has 1 aromatic carbocycles. The smallest absolute Gasteiger partial charge is 0.266 e. The molecular weight excluding hydrogens is 402 g/mol. The number of nitrogens with zero attached hydrogens (tertiary/aromatic N) is 2. The number of ether oxygens (including phenoxy) is 1. The number of H-pyrrole nitrogens is 1. The lowest BCUT2D eigenvalue weighted by molar-refractivity contribution is 0.0256. The topological polar surface area (TPSA) is 70.2 Å². The molecular formula is C23H24F2N4O2. The second-order valence-corrected chi connectivity index (χ2v) is 8.26. The summed E-state index contributed by atoms with van der Waals surface area (Å²) in [5.74, 6) is -1.43. The van der Waals surface area contributed by atoms with E-state index in [1.807, 2.05) is 12.1 Å². The van der Waals surface area contributed by atoms with E-state index in [4.69, 9.17) is 4.74 Å². The molecule has 2 aliphatic rings. The average molecular weight is 426 g/mol. The van der Waals surface area contributed by atoms with Crippen LogP contribution >= 0.6 is 0 Å². The van der Waals surface area contributed by atoms with E-state index in [-0.39, 0.29) is 25.1 Å². The molecule has 0 unspecified atom stereocenters. The highest BCUT2D eigenvalue weighted by Crippen LogP contribution is 2.33. The van der Waals surface area contributed by atoms with Crippen molar-refractivity contribution in [2.24, 2.45) is 0 Å². The number of hydrogen-bond acceptors (Lipinski definition) is 5. The molecule has 0 radical (unpaired) electrons. The number of hydrogen-bond donors (Lipinski definition) is 2. The molecule has 3 aromatic rings. The maximum absolute atomic E-state index is 13.7. The first kappa shape index (κ1) is 19.9. The first-order valence-corrected chi connectivity index (χ1v) is 10.6. The Morgan fingerprint density at radius 1 is 1.16 bits per heavy atom. The van der Waals surface area contributed by atoms with Gasteiger partial charge in [-0.1, -0.05) is 12.1 Å². The SMILES string of the molecule is O=c1[nH]ccc2cc(N3CCC(F)(F)C3)nc(Nc3ccc(C4CCOCC4)cc3)c12. The number of nitrogens with one attached hydrogen (secondary N) is 2. The second-order valence-electron chi connectivity index (χ2n) is 8.26. The van der Waals surface area contributed by atoms with Gasteiger partial charge in [0.1, 0.15) is 11.6 Å². The third kappa shape index (κ3) is 4.12. The third-order valence-electron chi connectivity index (χ3n) is 6.10. The molecule has 0 amide bonds. The first-order chi connectivity index (χ1) is 15.0. The Balaban J connectivity index is 1.47. The highest BCUT2D eigenvalue weighted by molar-refractivity contribution is 5.94. The third-order valence-corrected chi connectivity index (χ3v) is 6.10. The van der Waals surface area contributed by atoms with Gasteiger partial charge in [-0.3, -0.25) is 4.79 Å². The van der Waals surface area contributed by atoms with Crippen LogP contribution in [-0.2, 0) is 4.74 Å². The van der Waals surface area contributed by atoms with E-state index in [1.54, 1.807) is 23.2 Å². The first-order valence-electron chi connectivity index (χ1n) is 10.6.